The average Bonchev–Trinajstić information content (AvgIpc) is 2.48. The largest absolute Gasteiger partial charge is 0.507 e. The highest BCUT2D eigenvalue weighted by molar-refractivity contribution is 5.88. The lowest BCUT2D eigenvalue weighted by atomic mass is 9.87. The van der Waals surface area contributed by atoms with Crippen molar-refractivity contribution in [2.75, 3.05) is 0 Å². The number of amides is 1. The summed E-state index contributed by atoms with van der Waals surface area (Å²) in [5.74, 6) is 0.197. The van der Waals surface area contributed by atoms with E-state index in [2.05, 4.69) is 10.9 Å². The third kappa shape index (κ3) is 2.54. The van der Waals surface area contributed by atoms with E-state index < -0.39 is 11.5 Å². The number of carbonyl (C=O) groups is 1. The number of aromatic hydroxyl groups is 1. The molecule has 7 heteroatoms. The molecule has 1 aromatic carbocycles. The molecule has 2 rings (SSSR count). The van der Waals surface area contributed by atoms with Crippen molar-refractivity contribution in [3.05, 3.63) is 22.3 Å². The Morgan fingerprint density at radius 3 is 2.50 bits per heavy atom. The zero-order valence-corrected chi connectivity index (χ0v) is 13.3. The highest BCUT2D eigenvalue weighted by Crippen LogP contribution is 2.43. The van der Waals surface area contributed by atoms with Crippen LogP contribution in [0.15, 0.2) is 0 Å². The Hall–Kier alpha value is -2.44. The Balaban J connectivity index is 2.35. The van der Waals surface area contributed by atoms with Crippen molar-refractivity contribution < 1.29 is 14.6 Å². The second-order valence-electron chi connectivity index (χ2n) is 5.86. The van der Waals surface area contributed by atoms with Crippen LogP contribution in [0.2, 0.25) is 0 Å². The Bertz CT molecular complexity index is 657. The van der Waals surface area contributed by atoms with Crippen LogP contribution in [0.1, 0.15) is 35.6 Å². The molecule has 120 valence electrons. The van der Waals surface area contributed by atoms with Crippen LogP contribution >= 0.6 is 0 Å². The number of nitrogens with two attached hydrogens (primary N) is 1. The quantitative estimate of drug-likeness (QED) is 0.300. The van der Waals surface area contributed by atoms with Gasteiger partial charge in [-0.05, 0) is 50.8 Å². The maximum absolute atomic E-state index is 12.3. The fraction of sp³-hybridized carbons (Fsp3) is 0.467. The van der Waals surface area contributed by atoms with Crippen LogP contribution < -0.4 is 21.3 Å². The van der Waals surface area contributed by atoms with Gasteiger partial charge in [0.15, 0.2) is 5.60 Å². The number of carbonyl (C=O) groups excluding carboxylic acids is 1. The summed E-state index contributed by atoms with van der Waals surface area (Å²) in [4.78, 5) is 12.3. The van der Waals surface area contributed by atoms with Gasteiger partial charge in [0.1, 0.15) is 11.5 Å². The number of hydrogen-bond donors (Lipinski definition) is 5. The number of phenolic OH excluding ortho intramolecular Hbond substituents is 1. The predicted molar refractivity (Wildman–Crippen MR) is 82.9 cm³/mol. The highest BCUT2D eigenvalue weighted by Gasteiger charge is 2.40. The smallest absolute Gasteiger partial charge is 0.282 e. The first kappa shape index (κ1) is 15.9. The molecule has 0 fully saturated rings. The molecular weight excluding hydrogens is 284 g/mol. The Labute approximate surface area is 129 Å². The van der Waals surface area contributed by atoms with Crippen molar-refractivity contribution in [1.82, 2.24) is 10.9 Å². The standard InChI is InChI=1S/C15H22N4O3/c1-7-8(2)12-10(9(3)11(7)20)5-6-15(4,22-12)13(21)18-19-14(16)17/h20H,5-6H2,1-4H3,(H,18,21)(H4,16,17,19). The first-order valence-corrected chi connectivity index (χ1v) is 7.08. The number of hydrogen-bond acceptors (Lipinski definition) is 4. The highest BCUT2D eigenvalue weighted by atomic mass is 16.5. The lowest BCUT2D eigenvalue weighted by Crippen LogP contribution is -2.56. The molecule has 22 heavy (non-hydrogen) atoms. The molecule has 0 spiro atoms. The molecule has 1 aliphatic rings. The molecule has 0 aromatic heterocycles. The lowest BCUT2D eigenvalue weighted by molar-refractivity contribution is -0.137. The third-order valence-electron chi connectivity index (χ3n) is 4.31. The van der Waals surface area contributed by atoms with Gasteiger partial charge in [-0.3, -0.25) is 21.1 Å². The number of guanidine groups is 1. The number of nitrogens with one attached hydrogen (secondary N) is 3. The topological polar surface area (TPSA) is 120 Å². The van der Waals surface area contributed by atoms with Gasteiger partial charge in [-0.15, -0.1) is 0 Å². The van der Waals surface area contributed by atoms with Crippen LogP contribution in [-0.4, -0.2) is 22.6 Å². The monoisotopic (exact) mass is 306 g/mol. The van der Waals surface area contributed by atoms with Gasteiger partial charge in [0.25, 0.3) is 5.91 Å². The molecule has 0 aliphatic carbocycles. The maximum Gasteiger partial charge on any atom is 0.282 e. The number of phenols is 1. The SMILES string of the molecule is Cc1c(C)c2c(c(C)c1O)CCC(C)(C(=O)NNC(=N)N)O2. The summed E-state index contributed by atoms with van der Waals surface area (Å²) >= 11 is 0. The molecule has 0 saturated heterocycles. The van der Waals surface area contributed by atoms with E-state index in [1.165, 1.54) is 0 Å². The van der Waals surface area contributed by atoms with Gasteiger partial charge < -0.3 is 15.6 Å². The van der Waals surface area contributed by atoms with E-state index in [4.69, 9.17) is 15.9 Å². The fourth-order valence-electron chi connectivity index (χ4n) is 2.66. The number of rotatable bonds is 1. The minimum absolute atomic E-state index is 0.283. The molecular formula is C15H22N4O3. The summed E-state index contributed by atoms with van der Waals surface area (Å²) in [6.07, 6.45) is 1.09. The van der Waals surface area contributed by atoms with Crippen LogP contribution in [0.5, 0.6) is 11.5 Å². The number of benzene rings is 1. The lowest BCUT2D eigenvalue weighted by Gasteiger charge is -2.36. The van der Waals surface area contributed by atoms with E-state index in [-0.39, 0.29) is 11.7 Å². The van der Waals surface area contributed by atoms with E-state index >= 15 is 0 Å². The minimum Gasteiger partial charge on any atom is -0.507 e. The van der Waals surface area contributed by atoms with Gasteiger partial charge in [0.2, 0.25) is 5.96 Å². The molecule has 0 radical (unpaired) electrons. The van der Waals surface area contributed by atoms with Crippen molar-refractivity contribution >= 4 is 11.9 Å². The normalized spacial score (nSPS) is 19.8. The molecule has 7 nitrogen and oxygen atoms in total. The van der Waals surface area contributed by atoms with Crippen molar-refractivity contribution in [1.29, 1.82) is 5.41 Å². The third-order valence-corrected chi connectivity index (χ3v) is 4.31. The number of hydrazine groups is 1. The zero-order valence-electron chi connectivity index (χ0n) is 13.3. The van der Waals surface area contributed by atoms with E-state index in [9.17, 15) is 9.90 Å². The van der Waals surface area contributed by atoms with E-state index in [1.54, 1.807) is 6.92 Å². The summed E-state index contributed by atoms with van der Waals surface area (Å²) in [5, 5.41) is 17.2. The second-order valence-corrected chi connectivity index (χ2v) is 5.86. The molecule has 1 unspecified atom stereocenters. The van der Waals surface area contributed by atoms with Crippen molar-refractivity contribution in [3.8, 4) is 11.5 Å². The summed E-state index contributed by atoms with van der Waals surface area (Å²) in [5.41, 5.74) is 12.1. The summed E-state index contributed by atoms with van der Waals surface area (Å²) in [6.45, 7) is 7.24. The van der Waals surface area contributed by atoms with Crippen LogP contribution in [0.4, 0.5) is 0 Å². The van der Waals surface area contributed by atoms with E-state index in [1.807, 2.05) is 20.8 Å². The van der Waals surface area contributed by atoms with Crippen LogP contribution in [0.3, 0.4) is 0 Å². The van der Waals surface area contributed by atoms with Crippen LogP contribution in [0, 0.1) is 26.2 Å². The Kier molecular flexibility index (Phi) is 3.91. The van der Waals surface area contributed by atoms with Gasteiger partial charge in [-0.1, -0.05) is 0 Å². The molecule has 1 atom stereocenters. The predicted octanol–water partition coefficient (Wildman–Crippen LogP) is 0.915. The van der Waals surface area contributed by atoms with Gasteiger partial charge in [0, 0.05) is 12.0 Å². The van der Waals surface area contributed by atoms with E-state index in [0.29, 0.717) is 18.6 Å². The van der Waals surface area contributed by atoms with Gasteiger partial charge in [-0.25, -0.2) is 0 Å². The van der Waals surface area contributed by atoms with Crippen LogP contribution in [0.25, 0.3) is 0 Å². The van der Waals surface area contributed by atoms with Crippen LogP contribution in [-0.2, 0) is 11.2 Å². The molecule has 1 aromatic rings. The summed E-state index contributed by atoms with van der Waals surface area (Å²) < 4.78 is 5.99. The molecule has 1 amide bonds. The first-order valence-electron chi connectivity index (χ1n) is 7.08. The van der Waals surface area contributed by atoms with Crippen molar-refractivity contribution in [3.63, 3.8) is 0 Å². The fourth-order valence-corrected chi connectivity index (χ4v) is 2.66. The molecule has 1 aliphatic heterocycles. The average molecular weight is 306 g/mol. The summed E-state index contributed by atoms with van der Waals surface area (Å²) in [7, 11) is 0. The number of ether oxygens (including phenoxy) is 1. The van der Waals surface area contributed by atoms with Gasteiger partial charge >= 0.3 is 0 Å². The summed E-state index contributed by atoms with van der Waals surface area (Å²) in [6, 6.07) is 0. The molecule has 0 saturated carbocycles. The Morgan fingerprint density at radius 2 is 1.91 bits per heavy atom. The van der Waals surface area contributed by atoms with Gasteiger partial charge in [-0.2, -0.15) is 0 Å². The molecule has 6 N–H and O–H groups in total. The zero-order chi connectivity index (χ0) is 16.7. The van der Waals surface area contributed by atoms with E-state index in [0.717, 1.165) is 22.3 Å². The number of fused-ring (bicyclic) bond motifs is 1. The minimum atomic E-state index is -1.06. The van der Waals surface area contributed by atoms with Crippen molar-refractivity contribution in [2.24, 2.45) is 5.73 Å². The first-order chi connectivity index (χ1) is 10.2. The van der Waals surface area contributed by atoms with Gasteiger partial charge in [0.05, 0.1) is 0 Å². The molecule has 1 heterocycles. The van der Waals surface area contributed by atoms with Crippen molar-refractivity contribution in [2.45, 2.75) is 46.1 Å². The molecule has 0 bridgehead atoms. The Morgan fingerprint density at radius 1 is 1.27 bits per heavy atom. The second kappa shape index (κ2) is 5.40. The maximum atomic E-state index is 12.3.